The van der Waals surface area contributed by atoms with Gasteiger partial charge >= 0.3 is 0 Å². The van der Waals surface area contributed by atoms with Crippen LogP contribution in [0.5, 0.6) is 5.75 Å². The van der Waals surface area contributed by atoms with Crippen LogP contribution >= 0.6 is 12.2 Å². The largest absolute Gasteiger partial charge is 0.492 e. The van der Waals surface area contributed by atoms with Crippen molar-refractivity contribution in [2.45, 2.75) is 19.4 Å². The quantitative estimate of drug-likeness (QED) is 0.777. The van der Waals surface area contributed by atoms with Gasteiger partial charge in [-0.3, -0.25) is 9.80 Å². The second-order valence-corrected chi connectivity index (χ2v) is 5.84. The van der Waals surface area contributed by atoms with E-state index in [0.29, 0.717) is 4.99 Å². The number of nitrogens with zero attached hydrogens (tertiary/aromatic N) is 2. The van der Waals surface area contributed by atoms with Crippen molar-refractivity contribution < 1.29 is 4.74 Å². The highest BCUT2D eigenvalue weighted by atomic mass is 32.1. The molecule has 1 fully saturated rings. The van der Waals surface area contributed by atoms with Gasteiger partial charge in [-0.2, -0.15) is 0 Å². The molecule has 1 aliphatic heterocycles. The van der Waals surface area contributed by atoms with Gasteiger partial charge in [0.05, 0.1) is 11.0 Å². The Kier molecular flexibility index (Phi) is 6.42. The Labute approximate surface area is 132 Å². The third-order valence-corrected chi connectivity index (χ3v) is 4.25. The summed E-state index contributed by atoms with van der Waals surface area (Å²) in [7, 11) is 0. The standard InChI is InChI=1S/C16H25N3OS/c1-2-15(16(17)21)19-10-8-18(9-11-19)12-13-20-14-6-4-3-5-7-14/h3-7,15H,2,8-13H2,1H3,(H2,17,21). The summed E-state index contributed by atoms with van der Waals surface area (Å²) in [5, 5.41) is 0. The lowest BCUT2D eigenvalue weighted by Gasteiger charge is -2.38. The van der Waals surface area contributed by atoms with Crippen LogP contribution in [0.25, 0.3) is 0 Å². The van der Waals surface area contributed by atoms with Crippen molar-refractivity contribution in [3.63, 3.8) is 0 Å². The Bertz CT molecular complexity index is 432. The van der Waals surface area contributed by atoms with Gasteiger partial charge in [0.1, 0.15) is 12.4 Å². The molecule has 1 aromatic carbocycles. The van der Waals surface area contributed by atoms with Crippen LogP contribution in [0.1, 0.15) is 13.3 Å². The molecular formula is C16H25N3OS. The molecule has 0 aromatic heterocycles. The lowest BCUT2D eigenvalue weighted by atomic mass is 10.1. The van der Waals surface area contributed by atoms with Gasteiger partial charge in [0, 0.05) is 32.7 Å². The molecular weight excluding hydrogens is 282 g/mol. The average Bonchev–Trinajstić information content (AvgIpc) is 2.50. The number of para-hydroxylation sites is 1. The zero-order valence-corrected chi connectivity index (χ0v) is 13.5. The fourth-order valence-electron chi connectivity index (χ4n) is 2.75. The second-order valence-electron chi connectivity index (χ2n) is 5.37. The number of benzene rings is 1. The summed E-state index contributed by atoms with van der Waals surface area (Å²) in [6.45, 7) is 8.00. The summed E-state index contributed by atoms with van der Waals surface area (Å²) in [5.74, 6) is 0.940. The predicted octanol–water partition coefficient (Wildman–Crippen LogP) is 1.75. The Morgan fingerprint density at radius 2 is 1.90 bits per heavy atom. The van der Waals surface area contributed by atoms with Crippen molar-refractivity contribution in [3.8, 4) is 5.75 Å². The topological polar surface area (TPSA) is 41.7 Å². The lowest BCUT2D eigenvalue weighted by Crippen LogP contribution is -2.54. The SMILES string of the molecule is CCC(C(N)=S)N1CCN(CCOc2ccccc2)CC1. The van der Waals surface area contributed by atoms with E-state index in [-0.39, 0.29) is 6.04 Å². The van der Waals surface area contributed by atoms with E-state index >= 15 is 0 Å². The maximum atomic E-state index is 5.81. The van der Waals surface area contributed by atoms with Crippen LogP contribution in [-0.2, 0) is 0 Å². The maximum Gasteiger partial charge on any atom is 0.119 e. The van der Waals surface area contributed by atoms with Gasteiger partial charge < -0.3 is 10.5 Å². The van der Waals surface area contributed by atoms with Crippen molar-refractivity contribution in [1.82, 2.24) is 9.80 Å². The molecule has 1 aliphatic rings. The van der Waals surface area contributed by atoms with Crippen LogP contribution in [0.2, 0.25) is 0 Å². The van der Waals surface area contributed by atoms with Gasteiger partial charge in [0.25, 0.3) is 0 Å². The first kappa shape index (κ1) is 16.2. The van der Waals surface area contributed by atoms with Crippen LogP contribution in [-0.4, -0.2) is 60.2 Å². The summed E-state index contributed by atoms with van der Waals surface area (Å²) in [5.41, 5.74) is 5.81. The first-order chi connectivity index (χ1) is 10.2. The molecule has 0 radical (unpaired) electrons. The minimum Gasteiger partial charge on any atom is -0.492 e. The Morgan fingerprint density at radius 3 is 2.48 bits per heavy atom. The van der Waals surface area contributed by atoms with E-state index in [1.54, 1.807) is 0 Å². The first-order valence-electron chi connectivity index (χ1n) is 7.64. The van der Waals surface area contributed by atoms with Gasteiger partial charge in [0.15, 0.2) is 0 Å². The van der Waals surface area contributed by atoms with Crippen LogP contribution in [0.4, 0.5) is 0 Å². The zero-order valence-electron chi connectivity index (χ0n) is 12.7. The molecule has 1 aromatic rings. The normalized spacial score (nSPS) is 18.3. The fraction of sp³-hybridized carbons (Fsp3) is 0.562. The van der Waals surface area contributed by atoms with Crippen LogP contribution < -0.4 is 10.5 Å². The van der Waals surface area contributed by atoms with Crippen molar-refractivity contribution in [1.29, 1.82) is 0 Å². The van der Waals surface area contributed by atoms with Crippen molar-refractivity contribution >= 4 is 17.2 Å². The molecule has 0 spiro atoms. The summed E-state index contributed by atoms with van der Waals surface area (Å²) < 4.78 is 5.75. The Morgan fingerprint density at radius 1 is 1.24 bits per heavy atom. The third-order valence-electron chi connectivity index (χ3n) is 3.98. The molecule has 1 unspecified atom stereocenters. The van der Waals surface area contributed by atoms with Gasteiger partial charge in [-0.25, -0.2) is 0 Å². The van der Waals surface area contributed by atoms with Gasteiger partial charge in [-0.1, -0.05) is 37.3 Å². The third kappa shape index (κ3) is 4.95. The van der Waals surface area contributed by atoms with E-state index in [2.05, 4.69) is 16.7 Å². The van der Waals surface area contributed by atoms with Crippen molar-refractivity contribution in [2.75, 3.05) is 39.3 Å². The number of hydrogen-bond donors (Lipinski definition) is 1. The van der Waals surface area contributed by atoms with Gasteiger partial charge in [-0.05, 0) is 18.6 Å². The van der Waals surface area contributed by atoms with Gasteiger partial charge in [-0.15, -0.1) is 0 Å². The fourth-order valence-corrected chi connectivity index (χ4v) is 3.06. The highest BCUT2D eigenvalue weighted by Crippen LogP contribution is 2.11. The molecule has 116 valence electrons. The minimum atomic E-state index is 0.253. The Hall–Kier alpha value is -1.17. The van der Waals surface area contributed by atoms with E-state index in [4.69, 9.17) is 22.7 Å². The number of piperazine rings is 1. The number of ether oxygens (including phenoxy) is 1. The van der Waals surface area contributed by atoms with E-state index in [1.165, 1.54) is 0 Å². The molecule has 1 saturated heterocycles. The molecule has 21 heavy (non-hydrogen) atoms. The van der Waals surface area contributed by atoms with E-state index in [0.717, 1.165) is 51.5 Å². The van der Waals surface area contributed by atoms with Crippen molar-refractivity contribution in [2.24, 2.45) is 5.73 Å². The molecule has 4 nitrogen and oxygen atoms in total. The van der Waals surface area contributed by atoms with Crippen molar-refractivity contribution in [3.05, 3.63) is 30.3 Å². The van der Waals surface area contributed by atoms with Crippen LogP contribution in [0, 0.1) is 0 Å². The lowest BCUT2D eigenvalue weighted by molar-refractivity contribution is 0.104. The predicted molar refractivity (Wildman–Crippen MR) is 90.8 cm³/mol. The van der Waals surface area contributed by atoms with E-state index in [1.807, 2.05) is 30.3 Å². The molecule has 0 amide bonds. The molecule has 5 heteroatoms. The van der Waals surface area contributed by atoms with Crippen LogP contribution in [0.15, 0.2) is 30.3 Å². The van der Waals surface area contributed by atoms with Crippen LogP contribution in [0.3, 0.4) is 0 Å². The second kappa shape index (κ2) is 8.32. The number of rotatable bonds is 7. The number of thiocarbonyl (C=S) groups is 1. The number of nitrogens with two attached hydrogens (primary N) is 1. The Balaban J connectivity index is 1.68. The molecule has 0 bridgehead atoms. The summed E-state index contributed by atoms with van der Waals surface area (Å²) in [4.78, 5) is 5.46. The number of hydrogen-bond acceptors (Lipinski definition) is 4. The molecule has 0 aliphatic carbocycles. The molecule has 1 heterocycles. The van der Waals surface area contributed by atoms with Gasteiger partial charge in [0.2, 0.25) is 0 Å². The minimum absolute atomic E-state index is 0.253. The highest BCUT2D eigenvalue weighted by molar-refractivity contribution is 7.80. The summed E-state index contributed by atoms with van der Waals surface area (Å²) in [6.07, 6.45) is 0.993. The molecule has 2 rings (SSSR count). The molecule has 1 atom stereocenters. The maximum absolute atomic E-state index is 5.81. The monoisotopic (exact) mass is 307 g/mol. The smallest absolute Gasteiger partial charge is 0.119 e. The highest BCUT2D eigenvalue weighted by Gasteiger charge is 2.24. The summed E-state index contributed by atoms with van der Waals surface area (Å²) in [6, 6.07) is 10.2. The first-order valence-corrected chi connectivity index (χ1v) is 8.05. The van der Waals surface area contributed by atoms with E-state index in [9.17, 15) is 0 Å². The zero-order chi connectivity index (χ0) is 15.1. The summed E-state index contributed by atoms with van der Waals surface area (Å²) >= 11 is 5.15. The van der Waals surface area contributed by atoms with E-state index < -0.39 is 0 Å². The average molecular weight is 307 g/mol. The molecule has 0 saturated carbocycles. The molecule has 2 N–H and O–H groups in total.